The van der Waals surface area contributed by atoms with E-state index < -0.39 is 12.0 Å². The molecule has 0 rings (SSSR count). The van der Waals surface area contributed by atoms with Gasteiger partial charge in [-0.3, -0.25) is 0 Å². The Bertz CT molecular complexity index is 201. The van der Waals surface area contributed by atoms with Crippen LogP contribution in [0.25, 0.3) is 0 Å². The molecule has 0 radical (unpaired) electrons. The molecule has 3 N–H and O–H groups in total. The summed E-state index contributed by atoms with van der Waals surface area (Å²) in [5.41, 5.74) is 4.95. The van der Waals surface area contributed by atoms with Crippen LogP contribution in [-0.2, 0) is 9.53 Å². The molecule has 0 aliphatic carbocycles. The van der Waals surface area contributed by atoms with Crippen LogP contribution in [0.2, 0.25) is 0 Å². The van der Waals surface area contributed by atoms with Gasteiger partial charge < -0.3 is 15.8 Å². The Labute approximate surface area is 70.6 Å². The molecule has 0 aromatic carbocycles. The zero-order chi connectivity index (χ0) is 9.56. The molecule has 0 aromatic heterocycles. The van der Waals surface area contributed by atoms with E-state index in [1.54, 1.807) is 6.92 Å². The SMILES string of the molecule is C=C(CNC(N)=O)C(=O)OCC. The third kappa shape index (κ3) is 4.32. The van der Waals surface area contributed by atoms with Crippen LogP contribution < -0.4 is 11.1 Å². The zero-order valence-corrected chi connectivity index (χ0v) is 6.92. The van der Waals surface area contributed by atoms with Crippen molar-refractivity contribution in [3.05, 3.63) is 12.2 Å². The van der Waals surface area contributed by atoms with Gasteiger partial charge >= 0.3 is 12.0 Å². The monoisotopic (exact) mass is 172 g/mol. The minimum Gasteiger partial charge on any atom is -0.463 e. The molecule has 12 heavy (non-hydrogen) atoms. The van der Waals surface area contributed by atoms with Crippen LogP contribution in [0.1, 0.15) is 6.92 Å². The lowest BCUT2D eigenvalue weighted by molar-refractivity contribution is -0.138. The van der Waals surface area contributed by atoms with Crippen molar-refractivity contribution in [3.63, 3.8) is 0 Å². The minimum absolute atomic E-state index is 0.0220. The number of primary amides is 1. The molecule has 0 bridgehead atoms. The third-order valence-electron chi connectivity index (χ3n) is 1.04. The number of carbonyl (C=O) groups is 2. The fraction of sp³-hybridized carbons (Fsp3) is 0.429. The van der Waals surface area contributed by atoms with Crippen molar-refractivity contribution >= 4 is 12.0 Å². The summed E-state index contributed by atoms with van der Waals surface area (Å²) < 4.78 is 4.61. The number of urea groups is 1. The van der Waals surface area contributed by atoms with Crippen LogP contribution in [-0.4, -0.2) is 25.2 Å². The van der Waals surface area contributed by atoms with Gasteiger partial charge in [0.25, 0.3) is 0 Å². The summed E-state index contributed by atoms with van der Waals surface area (Å²) in [4.78, 5) is 21.0. The van der Waals surface area contributed by atoms with Gasteiger partial charge in [0.2, 0.25) is 0 Å². The Morgan fingerprint density at radius 3 is 2.58 bits per heavy atom. The average molecular weight is 172 g/mol. The molecule has 0 saturated carbocycles. The molecule has 0 aromatic rings. The number of hydrogen-bond acceptors (Lipinski definition) is 3. The van der Waals surface area contributed by atoms with Crippen molar-refractivity contribution in [3.8, 4) is 0 Å². The summed E-state index contributed by atoms with van der Waals surface area (Å²) in [5.74, 6) is -0.522. The Kier molecular flexibility index (Phi) is 4.52. The van der Waals surface area contributed by atoms with Crippen molar-refractivity contribution in [1.29, 1.82) is 0 Å². The van der Waals surface area contributed by atoms with E-state index >= 15 is 0 Å². The van der Waals surface area contributed by atoms with Crippen LogP contribution in [0.5, 0.6) is 0 Å². The van der Waals surface area contributed by atoms with Gasteiger partial charge in [-0.05, 0) is 6.92 Å². The van der Waals surface area contributed by atoms with Gasteiger partial charge in [-0.15, -0.1) is 0 Å². The Morgan fingerprint density at radius 2 is 2.17 bits per heavy atom. The second kappa shape index (κ2) is 5.17. The fourth-order valence-corrected chi connectivity index (χ4v) is 0.499. The summed E-state index contributed by atoms with van der Waals surface area (Å²) in [6, 6.07) is -0.694. The Balaban J connectivity index is 3.72. The molecule has 0 unspecified atom stereocenters. The zero-order valence-electron chi connectivity index (χ0n) is 6.92. The number of hydrogen-bond donors (Lipinski definition) is 2. The highest BCUT2D eigenvalue weighted by Gasteiger charge is 2.07. The molecule has 5 nitrogen and oxygen atoms in total. The second-order valence-electron chi connectivity index (χ2n) is 2.04. The molecule has 68 valence electrons. The first kappa shape index (κ1) is 10.5. The number of carbonyl (C=O) groups excluding carboxylic acids is 2. The predicted molar refractivity (Wildman–Crippen MR) is 43.4 cm³/mol. The highest BCUT2D eigenvalue weighted by atomic mass is 16.5. The van der Waals surface area contributed by atoms with Gasteiger partial charge in [0, 0.05) is 5.57 Å². The van der Waals surface area contributed by atoms with E-state index in [-0.39, 0.29) is 18.7 Å². The first-order valence-corrected chi connectivity index (χ1v) is 3.46. The van der Waals surface area contributed by atoms with Crippen LogP contribution >= 0.6 is 0 Å². The molecule has 0 aliphatic heterocycles. The summed E-state index contributed by atoms with van der Waals surface area (Å²) in [6.45, 7) is 5.40. The van der Waals surface area contributed by atoms with Crippen LogP contribution in [0.15, 0.2) is 12.2 Å². The van der Waals surface area contributed by atoms with Crippen LogP contribution in [0, 0.1) is 0 Å². The molecular weight excluding hydrogens is 160 g/mol. The van der Waals surface area contributed by atoms with Gasteiger partial charge in [-0.2, -0.15) is 0 Å². The largest absolute Gasteiger partial charge is 0.463 e. The molecule has 0 heterocycles. The highest BCUT2D eigenvalue weighted by Crippen LogP contribution is 1.91. The van der Waals surface area contributed by atoms with Crippen LogP contribution in [0.4, 0.5) is 4.79 Å². The standard InChI is InChI=1S/C7H12N2O3/c1-3-12-6(10)5(2)4-9-7(8)11/h2-4H2,1H3,(H3,8,9,11). The van der Waals surface area contributed by atoms with Crippen molar-refractivity contribution in [1.82, 2.24) is 5.32 Å². The fourth-order valence-electron chi connectivity index (χ4n) is 0.499. The Morgan fingerprint density at radius 1 is 1.58 bits per heavy atom. The molecule has 0 spiro atoms. The Hall–Kier alpha value is -1.52. The molecule has 0 fully saturated rings. The van der Waals surface area contributed by atoms with Crippen molar-refractivity contribution < 1.29 is 14.3 Å². The van der Waals surface area contributed by atoms with E-state index in [1.165, 1.54) is 0 Å². The maximum atomic E-state index is 10.8. The second-order valence-corrected chi connectivity index (χ2v) is 2.04. The summed E-state index contributed by atoms with van der Waals surface area (Å²) >= 11 is 0. The number of amides is 2. The van der Waals surface area contributed by atoms with E-state index in [4.69, 9.17) is 5.73 Å². The normalized spacial score (nSPS) is 8.75. The van der Waals surface area contributed by atoms with Gasteiger partial charge in [0.15, 0.2) is 0 Å². The van der Waals surface area contributed by atoms with Crippen molar-refractivity contribution in [2.24, 2.45) is 5.73 Å². The summed E-state index contributed by atoms with van der Waals surface area (Å²) in [6.07, 6.45) is 0. The number of ether oxygens (including phenoxy) is 1. The van der Waals surface area contributed by atoms with E-state index in [9.17, 15) is 9.59 Å². The molecule has 2 amide bonds. The summed E-state index contributed by atoms with van der Waals surface area (Å²) in [7, 11) is 0. The van der Waals surface area contributed by atoms with Crippen molar-refractivity contribution in [2.45, 2.75) is 6.92 Å². The van der Waals surface area contributed by atoms with Gasteiger partial charge in [0.05, 0.1) is 13.2 Å². The smallest absolute Gasteiger partial charge is 0.335 e. The lowest BCUT2D eigenvalue weighted by Gasteiger charge is -2.04. The molecule has 5 heteroatoms. The van der Waals surface area contributed by atoms with E-state index in [0.717, 1.165) is 0 Å². The van der Waals surface area contributed by atoms with E-state index in [0.29, 0.717) is 0 Å². The highest BCUT2D eigenvalue weighted by molar-refractivity contribution is 5.89. The predicted octanol–water partition coefficient (Wildman–Crippen LogP) is -0.226. The van der Waals surface area contributed by atoms with Crippen molar-refractivity contribution in [2.75, 3.05) is 13.2 Å². The van der Waals surface area contributed by atoms with E-state index in [1.807, 2.05) is 0 Å². The molecule has 0 atom stereocenters. The number of nitrogens with two attached hydrogens (primary N) is 1. The number of nitrogens with one attached hydrogen (secondary N) is 1. The first-order chi connectivity index (χ1) is 5.57. The lowest BCUT2D eigenvalue weighted by atomic mass is 10.3. The minimum atomic E-state index is -0.694. The molecule has 0 aliphatic rings. The van der Waals surface area contributed by atoms with Gasteiger partial charge in [0.1, 0.15) is 0 Å². The van der Waals surface area contributed by atoms with Crippen LogP contribution in [0.3, 0.4) is 0 Å². The number of rotatable bonds is 4. The topological polar surface area (TPSA) is 81.4 Å². The number of esters is 1. The first-order valence-electron chi connectivity index (χ1n) is 3.46. The molecule has 0 saturated heterocycles. The average Bonchev–Trinajstić information content (AvgIpc) is 2.00. The lowest BCUT2D eigenvalue weighted by Crippen LogP contribution is -2.32. The molecular formula is C7H12N2O3. The summed E-state index contributed by atoms with van der Waals surface area (Å²) in [5, 5.41) is 2.22. The van der Waals surface area contributed by atoms with Gasteiger partial charge in [-0.1, -0.05) is 6.58 Å². The maximum Gasteiger partial charge on any atom is 0.335 e. The maximum absolute atomic E-state index is 10.8. The third-order valence-corrected chi connectivity index (χ3v) is 1.04. The van der Waals surface area contributed by atoms with Gasteiger partial charge in [-0.25, -0.2) is 9.59 Å². The quantitative estimate of drug-likeness (QED) is 0.454. The van der Waals surface area contributed by atoms with E-state index in [2.05, 4.69) is 16.6 Å².